The summed E-state index contributed by atoms with van der Waals surface area (Å²) in [5.74, 6) is 0. The van der Waals surface area contributed by atoms with Crippen molar-refractivity contribution >= 4 is 169 Å². The van der Waals surface area contributed by atoms with Crippen LogP contribution in [0.2, 0.25) is 0 Å². The van der Waals surface area contributed by atoms with E-state index < -0.39 is 167 Å². The zero-order valence-corrected chi connectivity index (χ0v) is 63.6. The molecule has 5 nitrogen and oxygen atoms in total. The fourth-order valence-corrected chi connectivity index (χ4v) is 21.3. The molecule has 0 aliphatic carbocycles. The van der Waals surface area contributed by atoms with E-state index in [1.54, 1.807) is 0 Å². The molecule has 2 aliphatic rings. The van der Waals surface area contributed by atoms with Gasteiger partial charge in [0, 0.05) is 10.8 Å². The molecule has 0 unspecified atom stereocenters. The number of anilines is 6. The van der Waals surface area contributed by atoms with Crippen molar-refractivity contribution in [1.29, 1.82) is 0 Å². The molecule has 15 aromatic carbocycles. The molecule has 0 atom stereocenters. The summed E-state index contributed by atoms with van der Waals surface area (Å²) in [6, 6.07) is 52.5. The number of hydrogen-bond donors (Lipinski definition) is 0. The summed E-state index contributed by atoms with van der Waals surface area (Å²) in [6.07, 6.45) is 0. The fraction of sp³-hybridized carbons (Fsp3) is 0.0784. The molecule has 5 aromatic heterocycles. The zero-order valence-electron chi connectivity index (χ0n) is 82.1. The van der Waals surface area contributed by atoms with E-state index in [0.717, 1.165) is 21.9 Å². The Balaban J connectivity index is 1.01. The molecule has 0 bridgehead atoms. The molecule has 110 heavy (non-hydrogen) atoms. The van der Waals surface area contributed by atoms with Crippen LogP contribution in [0.25, 0.3) is 150 Å². The number of para-hydroxylation sites is 3. The average Bonchev–Trinajstić information content (AvgIpc) is 1.07. The summed E-state index contributed by atoms with van der Waals surface area (Å²) in [7, 11) is 0. The summed E-state index contributed by atoms with van der Waals surface area (Å²) in [4.78, 5) is 3.91. The average molecular weight is 1560 g/mol. The third-order valence-electron chi connectivity index (χ3n) is 21.8. The quantitative estimate of drug-likeness (QED) is 0.135. The van der Waals surface area contributed by atoms with Crippen LogP contribution in [0, 0.1) is 0 Å². The van der Waals surface area contributed by atoms with Gasteiger partial charge in [-0.05, 0) is 6.07 Å². The molecule has 20 aromatic rings. The number of hydrogen-bond acceptors (Lipinski definition) is 3. The van der Waals surface area contributed by atoms with Crippen LogP contribution >= 0.6 is 0 Å². The molecular weight excluding hydrogens is 1470 g/mol. The topological polar surface area (TPSA) is 29.5 Å². The van der Waals surface area contributed by atoms with Crippen molar-refractivity contribution in [3.8, 4) is 67.0 Å². The molecule has 22 rings (SSSR count). The Morgan fingerprint density at radius 1 is 0.336 bits per heavy atom. The van der Waals surface area contributed by atoms with Crippen LogP contribution in [-0.2, 0) is 10.8 Å². The van der Waals surface area contributed by atoms with E-state index in [4.69, 9.17) is 9.90 Å². The first-order valence-electron chi connectivity index (χ1n) is 47.4. The van der Waals surface area contributed by atoms with E-state index in [9.17, 15) is 24.7 Å². The van der Waals surface area contributed by atoms with Crippen molar-refractivity contribution in [1.82, 2.24) is 9.13 Å². The Hall–Kier alpha value is -12.1. The second-order valence-electron chi connectivity index (χ2n) is 30.2. The van der Waals surface area contributed by atoms with Gasteiger partial charge >= 0.3 is 641 Å². The molecule has 0 N–H and O–H groups in total. The first-order chi connectivity index (χ1) is 63.0. The van der Waals surface area contributed by atoms with Crippen LogP contribution in [0.5, 0.6) is 0 Å². The summed E-state index contributed by atoms with van der Waals surface area (Å²) >= 11 is -2.48. The van der Waals surface area contributed by atoms with Gasteiger partial charge in [0.2, 0.25) is 0 Å². The summed E-state index contributed by atoms with van der Waals surface area (Å²) < 4.78 is 233. The summed E-state index contributed by atoms with van der Waals surface area (Å²) in [5, 5.41) is 1.41. The van der Waals surface area contributed by atoms with Crippen LogP contribution in [-0.4, -0.2) is 44.9 Å². The van der Waals surface area contributed by atoms with E-state index >= 15 is 0 Å². The van der Waals surface area contributed by atoms with Gasteiger partial charge in [-0.15, -0.1) is 0 Å². The van der Waals surface area contributed by atoms with Crippen molar-refractivity contribution in [3.63, 3.8) is 0 Å². The Bertz CT molecular complexity index is 8040. The molecule has 522 valence electrons. The summed E-state index contributed by atoms with van der Waals surface area (Å²) in [5.41, 5.74) is 8.21. The number of nitrogens with zero attached hydrogens (tertiary/aromatic N) is 4. The molecule has 2 aliphatic heterocycles. The van der Waals surface area contributed by atoms with E-state index in [1.807, 2.05) is 186 Å². The van der Waals surface area contributed by atoms with Crippen LogP contribution in [0.4, 0.5) is 34.1 Å². The van der Waals surface area contributed by atoms with Gasteiger partial charge in [-0.25, -0.2) is 0 Å². The molecule has 0 fully saturated rings. The predicted molar refractivity (Wildman–Crippen MR) is 470 cm³/mol. The van der Waals surface area contributed by atoms with Gasteiger partial charge in [0.15, 0.2) is 0 Å². The number of aromatic nitrogens is 2. The zero-order chi connectivity index (χ0) is 92.6. The van der Waals surface area contributed by atoms with Gasteiger partial charge in [0.25, 0.3) is 0 Å². The van der Waals surface area contributed by atoms with Gasteiger partial charge in [0.05, 0.1) is 0 Å². The summed E-state index contributed by atoms with van der Waals surface area (Å²) in [6.45, 7) is 11.1. The molecule has 7 heterocycles. The predicted octanol–water partition coefficient (Wildman–Crippen LogP) is 25.2. The third kappa shape index (κ3) is 9.99. The first kappa shape index (κ1) is 46.3. The molecule has 0 radical (unpaired) electrons. The molecule has 0 spiro atoms. The van der Waals surface area contributed by atoms with E-state index in [-0.39, 0.29) is 106 Å². The van der Waals surface area contributed by atoms with E-state index in [0.29, 0.717) is 95.0 Å². The monoisotopic (exact) mass is 1560 g/mol. The minimum atomic E-state index is -1.63. The Labute approximate surface area is 682 Å². The minimum absolute atomic E-state index is 0.0145. The van der Waals surface area contributed by atoms with E-state index in [1.165, 1.54) is 9.13 Å². The van der Waals surface area contributed by atoms with Crippen LogP contribution in [0.3, 0.4) is 0 Å². The van der Waals surface area contributed by atoms with Crippen molar-refractivity contribution in [2.24, 2.45) is 0 Å². The molecule has 0 saturated heterocycles. The molecular formula is C102H73BN4OSe2. The molecule has 0 saturated carbocycles. The Kier molecular flexibility index (Phi) is 10.4. The number of furan rings is 1. The van der Waals surface area contributed by atoms with E-state index in [2.05, 4.69) is 65.8 Å². The maximum absolute atomic E-state index is 12.0. The van der Waals surface area contributed by atoms with Gasteiger partial charge in [-0.2, -0.15) is 0 Å². The van der Waals surface area contributed by atoms with Crippen LogP contribution < -0.4 is 26.2 Å². The van der Waals surface area contributed by atoms with Gasteiger partial charge in [0.1, 0.15) is 5.58 Å². The standard InChI is InChI=1S/C102H73BN4OSe2/c1-101(2,3)68-56-78(62-29-11-7-12-30-62)97(79(57-68)63-31-13-8-14-32-63)106-86-60-70(104-84-42-24-19-38-74(84)94-76-40-22-27-45-92(76)109-99(94)104)48-51-82(86)103-83-52-49-71(105-85-43-25-20-39-75(85)95-77-41-23-28-46-93(77)110-100(95)105)61-87(83)107(89-54-67(53-88(106)96(89)103)66-47-50-73-72-37-21-26-44-90(72)108-91(73)55-66)98-80(64-33-15-9-16-34-64)58-69(102(4,5)6)59-81(98)65-35-17-10-18-36-65/h7-61H,1-6H3/i19D,20D,22D,23D,24D,25D,27D,28D,38D,39D,40D,41D,42D,43D,45D,46D,48D,49D,51D,52D,60D,61D. The molecule has 8 heteroatoms. The maximum atomic E-state index is 12.0. The van der Waals surface area contributed by atoms with Gasteiger partial charge in [-0.3, -0.25) is 0 Å². The molecule has 0 amide bonds. The van der Waals surface area contributed by atoms with Crippen molar-refractivity contribution in [2.45, 2.75) is 52.4 Å². The number of fused-ring (bicyclic) bond motifs is 17. The third-order valence-corrected chi connectivity index (χ3v) is 26.3. The second kappa shape index (κ2) is 24.7. The van der Waals surface area contributed by atoms with Crippen LogP contribution in [0.1, 0.15) is 82.8 Å². The van der Waals surface area contributed by atoms with Crippen molar-refractivity contribution in [3.05, 3.63) is 344 Å². The number of benzene rings is 15. The Morgan fingerprint density at radius 2 is 0.727 bits per heavy atom. The number of rotatable bonds is 9. The van der Waals surface area contributed by atoms with Crippen molar-refractivity contribution in [2.75, 3.05) is 9.80 Å². The normalized spacial score (nSPS) is 15.7. The first-order valence-corrected chi connectivity index (χ1v) is 39.9. The SMILES string of the molecule is [2H]c1c([2H])c(-n2c3[se]c4c([2H])c([2H])c([2H])c([2H])c4c3c3c([2H])c([2H])c([2H])c([2H])c32)c([2H])c2c1B1c3c(cc(-c4ccc5c(c4)oc4ccccc45)cc3N(c3c(-c4ccccc4)cc(C(C)(C)C)cc3-c3ccccc3)c3c([2H])c(-n4c5[se]c6c([2H])c([2H])c([2H])c([2H])c6c5c5c([2H])c([2H])c([2H])c([2H])c54)c([2H])c([2H])c31)N2c1c(-c2ccccc2)cc(C(C)(C)C)cc1-c1ccccc1. The fourth-order valence-electron chi connectivity index (χ4n) is 16.6. The second-order valence-corrected chi connectivity index (χ2v) is 34.4. The van der Waals surface area contributed by atoms with Gasteiger partial charge in [-0.1, -0.05) is 18.2 Å². The Morgan fingerprint density at radius 3 is 1.16 bits per heavy atom. The van der Waals surface area contributed by atoms with Crippen LogP contribution in [0.15, 0.2) is 338 Å². The van der Waals surface area contributed by atoms with Gasteiger partial charge < -0.3 is 4.42 Å². The van der Waals surface area contributed by atoms with Crippen molar-refractivity contribution < 1.29 is 34.6 Å².